The molecule has 130 valence electrons. The van der Waals surface area contributed by atoms with Gasteiger partial charge in [-0.15, -0.1) is 11.3 Å². The van der Waals surface area contributed by atoms with Crippen LogP contribution >= 0.6 is 11.3 Å². The number of amides is 2. The van der Waals surface area contributed by atoms with E-state index in [0.29, 0.717) is 27.9 Å². The normalized spacial score (nSPS) is 15.9. The van der Waals surface area contributed by atoms with Gasteiger partial charge in [-0.25, -0.2) is 4.98 Å². The van der Waals surface area contributed by atoms with Gasteiger partial charge in [-0.1, -0.05) is 0 Å². The largest absolute Gasteiger partial charge is 0.454 e. The highest BCUT2D eigenvalue weighted by molar-refractivity contribution is 7.14. The highest BCUT2D eigenvalue weighted by Gasteiger charge is 2.21. The Hall–Kier alpha value is -2.61. The third-order valence-electron chi connectivity index (χ3n) is 4.22. The summed E-state index contributed by atoms with van der Waals surface area (Å²) in [6.45, 7) is 1.71. The van der Waals surface area contributed by atoms with Gasteiger partial charge in [0.1, 0.15) is 5.69 Å². The Morgan fingerprint density at radius 2 is 1.92 bits per heavy atom. The zero-order valence-electron chi connectivity index (χ0n) is 13.5. The van der Waals surface area contributed by atoms with E-state index in [9.17, 15) is 9.59 Å². The SMILES string of the molecule is O=C(Nc1nc(C(=O)N2CCCCC2)cs1)c1ccc2c(c1)OCO2. The summed E-state index contributed by atoms with van der Waals surface area (Å²) < 4.78 is 10.5. The Bertz CT molecular complexity index is 814. The molecular formula is C17H17N3O4S. The number of thiazole rings is 1. The van der Waals surface area contributed by atoms with E-state index >= 15 is 0 Å². The lowest BCUT2D eigenvalue weighted by molar-refractivity contribution is 0.0719. The smallest absolute Gasteiger partial charge is 0.273 e. The van der Waals surface area contributed by atoms with E-state index in [1.54, 1.807) is 23.6 Å². The van der Waals surface area contributed by atoms with Crippen molar-refractivity contribution in [1.29, 1.82) is 0 Å². The molecular weight excluding hydrogens is 342 g/mol. The monoisotopic (exact) mass is 359 g/mol. The summed E-state index contributed by atoms with van der Waals surface area (Å²) in [7, 11) is 0. The highest BCUT2D eigenvalue weighted by Crippen LogP contribution is 2.32. The van der Waals surface area contributed by atoms with Gasteiger partial charge in [0, 0.05) is 24.0 Å². The molecule has 8 heteroatoms. The van der Waals surface area contributed by atoms with Crippen molar-refractivity contribution in [3.05, 3.63) is 34.8 Å². The van der Waals surface area contributed by atoms with Crippen LogP contribution < -0.4 is 14.8 Å². The van der Waals surface area contributed by atoms with Crippen molar-refractivity contribution in [3.63, 3.8) is 0 Å². The molecule has 0 saturated carbocycles. The number of ether oxygens (including phenoxy) is 2. The number of carbonyl (C=O) groups excluding carboxylic acids is 2. The molecule has 1 saturated heterocycles. The molecule has 0 atom stereocenters. The number of fused-ring (bicyclic) bond motifs is 1. The van der Waals surface area contributed by atoms with Crippen molar-refractivity contribution in [1.82, 2.24) is 9.88 Å². The second-order valence-corrected chi connectivity index (χ2v) is 6.77. The number of anilines is 1. The lowest BCUT2D eigenvalue weighted by Crippen LogP contribution is -2.35. The fourth-order valence-electron chi connectivity index (χ4n) is 2.90. The van der Waals surface area contributed by atoms with Crippen molar-refractivity contribution in [2.75, 3.05) is 25.2 Å². The summed E-state index contributed by atoms with van der Waals surface area (Å²) >= 11 is 1.24. The van der Waals surface area contributed by atoms with Crippen molar-refractivity contribution in [2.24, 2.45) is 0 Å². The number of rotatable bonds is 3. The standard InChI is InChI=1S/C17H17N3O4S/c21-15(11-4-5-13-14(8-11)24-10-23-13)19-17-18-12(9-25-17)16(22)20-6-2-1-3-7-20/h4-5,8-9H,1-3,6-7,10H2,(H,18,19,21). The number of hydrogen-bond donors (Lipinski definition) is 1. The van der Waals surface area contributed by atoms with Gasteiger partial charge in [0.15, 0.2) is 16.6 Å². The quantitative estimate of drug-likeness (QED) is 0.911. The van der Waals surface area contributed by atoms with Crippen LogP contribution in [0.3, 0.4) is 0 Å². The Balaban J connectivity index is 1.43. The van der Waals surface area contributed by atoms with E-state index < -0.39 is 0 Å². The topological polar surface area (TPSA) is 80.8 Å². The maximum atomic E-state index is 12.4. The summed E-state index contributed by atoms with van der Waals surface area (Å²) in [5.41, 5.74) is 0.830. The van der Waals surface area contributed by atoms with E-state index in [0.717, 1.165) is 32.4 Å². The summed E-state index contributed by atoms with van der Waals surface area (Å²) in [6.07, 6.45) is 3.23. The molecule has 2 aliphatic heterocycles. The van der Waals surface area contributed by atoms with Crippen molar-refractivity contribution in [2.45, 2.75) is 19.3 Å². The maximum absolute atomic E-state index is 12.4. The number of piperidine rings is 1. The lowest BCUT2D eigenvalue weighted by Gasteiger charge is -2.25. The maximum Gasteiger partial charge on any atom is 0.273 e. The van der Waals surface area contributed by atoms with Crippen LogP contribution in [-0.2, 0) is 0 Å². The van der Waals surface area contributed by atoms with E-state index in [1.807, 2.05) is 4.90 Å². The predicted molar refractivity (Wildman–Crippen MR) is 92.4 cm³/mol. The number of nitrogens with one attached hydrogen (secondary N) is 1. The molecule has 0 unspecified atom stereocenters. The molecule has 3 heterocycles. The second kappa shape index (κ2) is 6.72. The van der Waals surface area contributed by atoms with Gasteiger partial charge in [0.25, 0.3) is 11.8 Å². The molecule has 2 amide bonds. The Morgan fingerprint density at radius 3 is 2.76 bits per heavy atom. The number of benzene rings is 1. The molecule has 7 nitrogen and oxygen atoms in total. The molecule has 0 radical (unpaired) electrons. The summed E-state index contributed by atoms with van der Waals surface area (Å²) in [5.74, 6) is 0.803. The van der Waals surface area contributed by atoms with Crippen LogP contribution in [0, 0.1) is 0 Å². The average molecular weight is 359 g/mol. The Morgan fingerprint density at radius 1 is 1.12 bits per heavy atom. The van der Waals surface area contributed by atoms with Gasteiger partial charge >= 0.3 is 0 Å². The number of carbonyl (C=O) groups is 2. The number of hydrogen-bond acceptors (Lipinski definition) is 6. The van der Waals surface area contributed by atoms with Gasteiger partial charge in [0.2, 0.25) is 6.79 Å². The van der Waals surface area contributed by atoms with Crippen LogP contribution in [0.5, 0.6) is 11.5 Å². The average Bonchev–Trinajstić information content (AvgIpc) is 3.30. The third-order valence-corrected chi connectivity index (χ3v) is 4.98. The first-order valence-electron chi connectivity index (χ1n) is 8.16. The molecule has 1 fully saturated rings. The first kappa shape index (κ1) is 15.9. The molecule has 0 bridgehead atoms. The van der Waals surface area contributed by atoms with Gasteiger partial charge in [-0.05, 0) is 37.5 Å². The van der Waals surface area contributed by atoms with Gasteiger partial charge in [-0.2, -0.15) is 0 Å². The first-order valence-corrected chi connectivity index (χ1v) is 9.04. The minimum atomic E-state index is -0.301. The summed E-state index contributed by atoms with van der Waals surface area (Å²) in [6, 6.07) is 4.99. The molecule has 0 spiro atoms. The number of nitrogens with zero attached hydrogens (tertiary/aromatic N) is 2. The van der Waals surface area contributed by atoms with Gasteiger partial charge in [-0.3, -0.25) is 14.9 Å². The van der Waals surface area contributed by atoms with Crippen molar-refractivity contribution in [3.8, 4) is 11.5 Å². The van der Waals surface area contributed by atoms with Crippen LogP contribution in [0.4, 0.5) is 5.13 Å². The molecule has 2 aromatic rings. The summed E-state index contributed by atoms with van der Waals surface area (Å²) in [5, 5.41) is 4.82. The number of aromatic nitrogens is 1. The summed E-state index contributed by atoms with van der Waals surface area (Å²) in [4.78, 5) is 30.9. The zero-order valence-corrected chi connectivity index (χ0v) is 14.3. The molecule has 2 aliphatic rings. The molecule has 0 aliphatic carbocycles. The van der Waals surface area contributed by atoms with Crippen molar-refractivity contribution < 1.29 is 19.1 Å². The Labute approximate surface area is 148 Å². The van der Waals surface area contributed by atoms with Crippen molar-refractivity contribution >= 4 is 28.3 Å². The van der Waals surface area contributed by atoms with Crippen LogP contribution in [0.2, 0.25) is 0 Å². The zero-order chi connectivity index (χ0) is 17.2. The van der Waals surface area contributed by atoms with E-state index in [-0.39, 0.29) is 18.6 Å². The van der Waals surface area contributed by atoms with Crippen LogP contribution in [0.25, 0.3) is 0 Å². The fraction of sp³-hybridized carbons (Fsp3) is 0.353. The molecule has 25 heavy (non-hydrogen) atoms. The lowest BCUT2D eigenvalue weighted by atomic mass is 10.1. The van der Waals surface area contributed by atoms with Crippen LogP contribution in [-0.4, -0.2) is 41.6 Å². The minimum Gasteiger partial charge on any atom is -0.454 e. The van der Waals surface area contributed by atoms with E-state index in [2.05, 4.69) is 10.3 Å². The van der Waals surface area contributed by atoms with Gasteiger partial charge in [0.05, 0.1) is 0 Å². The Kier molecular flexibility index (Phi) is 4.27. The fourth-order valence-corrected chi connectivity index (χ4v) is 3.57. The second-order valence-electron chi connectivity index (χ2n) is 5.91. The number of likely N-dealkylation sites (tertiary alicyclic amines) is 1. The van der Waals surface area contributed by atoms with Crippen LogP contribution in [0.1, 0.15) is 40.1 Å². The van der Waals surface area contributed by atoms with Crippen LogP contribution in [0.15, 0.2) is 23.6 Å². The third kappa shape index (κ3) is 3.30. The molecule has 1 aromatic carbocycles. The highest BCUT2D eigenvalue weighted by atomic mass is 32.1. The van der Waals surface area contributed by atoms with Gasteiger partial charge < -0.3 is 14.4 Å². The van der Waals surface area contributed by atoms with E-state index in [4.69, 9.17) is 9.47 Å². The molecule has 1 aromatic heterocycles. The molecule has 4 rings (SSSR count). The minimum absolute atomic E-state index is 0.0699. The molecule has 1 N–H and O–H groups in total. The first-order chi connectivity index (χ1) is 12.2. The van der Waals surface area contributed by atoms with E-state index in [1.165, 1.54) is 11.3 Å². The predicted octanol–water partition coefficient (Wildman–Crippen LogP) is 2.75.